The SMILES string of the molecule is CC[C@H](Br)C(=O)Nc1ccccc1C(F)(F)F. The van der Waals surface area contributed by atoms with Crippen molar-refractivity contribution >= 4 is 27.5 Å². The zero-order chi connectivity index (χ0) is 13.1. The fourth-order valence-electron chi connectivity index (χ4n) is 1.24. The number of benzene rings is 1. The Kier molecular flexibility index (Phi) is 4.56. The number of alkyl halides is 4. The summed E-state index contributed by atoms with van der Waals surface area (Å²) >= 11 is 3.08. The summed E-state index contributed by atoms with van der Waals surface area (Å²) in [5, 5.41) is 2.26. The van der Waals surface area contributed by atoms with Crippen molar-refractivity contribution < 1.29 is 18.0 Å². The van der Waals surface area contributed by atoms with Gasteiger partial charge in [-0.2, -0.15) is 13.2 Å². The Morgan fingerprint density at radius 2 is 2.00 bits per heavy atom. The molecule has 0 unspecified atom stereocenters. The van der Waals surface area contributed by atoms with Gasteiger partial charge in [0.25, 0.3) is 0 Å². The monoisotopic (exact) mass is 309 g/mol. The molecule has 0 aromatic heterocycles. The molecule has 1 N–H and O–H groups in total. The molecule has 17 heavy (non-hydrogen) atoms. The molecule has 1 amide bonds. The topological polar surface area (TPSA) is 29.1 Å². The summed E-state index contributed by atoms with van der Waals surface area (Å²) in [5.74, 6) is -0.482. The Morgan fingerprint density at radius 1 is 1.41 bits per heavy atom. The van der Waals surface area contributed by atoms with Gasteiger partial charge in [-0.15, -0.1) is 0 Å². The van der Waals surface area contributed by atoms with Crippen molar-refractivity contribution in [2.75, 3.05) is 5.32 Å². The molecular weight excluding hydrogens is 299 g/mol. The number of hydrogen-bond acceptors (Lipinski definition) is 1. The van der Waals surface area contributed by atoms with Crippen molar-refractivity contribution in [1.29, 1.82) is 0 Å². The van der Waals surface area contributed by atoms with Gasteiger partial charge in [-0.05, 0) is 18.6 Å². The van der Waals surface area contributed by atoms with E-state index in [0.29, 0.717) is 6.42 Å². The van der Waals surface area contributed by atoms with E-state index in [1.54, 1.807) is 6.92 Å². The molecule has 1 rings (SSSR count). The van der Waals surface area contributed by atoms with Crippen LogP contribution in [0.4, 0.5) is 18.9 Å². The maximum absolute atomic E-state index is 12.6. The molecule has 6 heteroatoms. The van der Waals surface area contributed by atoms with Crippen LogP contribution in [0.25, 0.3) is 0 Å². The smallest absolute Gasteiger partial charge is 0.325 e. The molecule has 0 saturated heterocycles. The summed E-state index contributed by atoms with van der Waals surface area (Å²) < 4.78 is 37.9. The van der Waals surface area contributed by atoms with Crippen LogP contribution in [-0.4, -0.2) is 10.7 Å². The third-order valence-electron chi connectivity index (χ3n) is 2.13. The lowest BCUT2D eigenvalue weighted by atomic mass is 10.1. The van der Waals surface area contributed by atoms with Crippen molar-refractivity contribution in [1.82, 2.24) is 0 Å². The van der Waals surface area contributed by atoms with Crippen LogP contribution in [-0.2, 0) is 11.0 Å². The molecule has 0 aliphatic carbocycles. The molecule has 0 saturated carbocycles. The third kappa shape index (κ3) is 3.73. The number of para-hydroxylation sites is 1. The molecule has 0 radical (unpaired) electrons. The first kappa shape index (κ1) is 14.0. The number of anilines is 1. The number of amides is 1. The lowest BCUT2D eigenvalue weighted by Gasteiger charge is -2.14. The van der Waals surface area contributed by atoms with Crippen LogP contribution in [0.1, 0.15) is 18.9 Å². The lowest BCUT2D eigenvalue weighted by molar-refractivity contribution is -0.137. The largest absolute Gasteiger partial charge is 0.418 e. The number of nitrogens with one attached hydrogen (secondary N) is 1. The third-order valence-corrected chi connectivity index (χ3v) is 3.20. The minimum Gasteiger partial charge on any atom is -0.325 e. The standard InChI is InChI=1S/C11H11BrF3NO/c1-2-8(12)10(17)16-9-6-4-3-5-7(9)11(13,14)15/h3-6,8H,2H2,1H3,(H,16,17)/t8-/m0/s1. The molecule has 1 aromatic carbocycles. The Balaban J connectivity index is 2.96. The van der Waals surface area contributed by atoms with E-state index in [-0.39, 0.29) is 5.69 Å². The highest BCUT2D eigenvalue weighted by molar-refractivity contribution is 9.10. The Morgan fingerprint density at radius 3 is 2.53 bits per heavy atom. The summed E-state index contributed by atoms with van der Waals surface area (Å²) in [6.07, 6.45) is -3.97. The van der Waals surface area contributed by atoms with Crippen molar-refractivity contribution in [3.63, 3.8) is 0 Å². The molecule has 0 bridgehead atoms. The van der Waals surface area contributed by atoms with E-state index in [1.165, 1.54) is 18.2 Å². The van der Waals surface area contributed by atoms with Crippen LogP contribution in [0.5, 0.6) is 0 Å². The molecule has 0 aliphatic heterocycles. The second-order valence-electron chi connectivity index (χ2n) is 3.41. The molecule has 0 heterocycles. The van der Waals surface area contributed by atoms with Gasteiger partial charge in [0, 0.05) is 0 Å². The summed E-state index contributed by atoms with van der Waals surface area (Å²) in [6.45, 7) is 1.76. The van der Waals surface area contributed by atoms with E-state index < -0.39 is 22.5 Å². The minimum atomic E-state index is -4.47. The maximum Gasteiger partial charge on any atom is 0.418 e. The first-order valence-corrected chi connectivity index (χ1v) is 5.89. The van der Waals surface area contributed by atoms with Gasteiger partial charge in [-0.1, -0.05) is 35.0 Å². The second kappa shape index (κ2) is 5.53. The molecule has 0 aliphatic rings. The van der Waals surface area contributed by atoms with Gasteiger partial charge in [0.05, 0.1) is 16.1 Å². The average Bonchev–Trinajstić information content (AvgIpc) is 2.27. The molecule has 94 valence electrons. The first-order valence-electron chi connectivity index (χ1n) is 4.97. The molecule has 0 fully saturated rings. The predicted molar refractivity (Wildman–Crippen MR) is 63.1 cm³/mol. The van der Waals surface area contributed by atoms with Gasteiger partial charge in [-0.25, -0.2) is 0 Å². The molecule has 2 nitrogen and oxygen atoms in total. The van der Waals surface area contributed by atoms with E-state index in [2.05, 4.69) is 21.2 Å². The average molecular weight is 310 g/mol. The van der Waals surface area contributed by atoms with Crippen molar-refractivity contribution in [3.8, 4) is 0 Å². The summed E-state index contributed by atoms with van der Waals surface area (Å²) in [6, 6.07) is 4.89. The molecule has 1 aromatic rings. The van der Waals surface area contributed by atoms with Gasteiger partial charge in [0.2, 0.25) is 5.91 Å². The zero-order valence-electron chi connectivity index (χ0n) is 9.01. The van der Waals surface area contributed by atoms with Gasteiger partial charge in [-0.3, -0.25) is 4.79 Å². The Bertz CT molecular complexity index is 406. The van der Waals surface area contributed by atoms with Crippen LogP contribution < -0.4 is 5.32 Å². The van der Waals surface area contributed by atoms with Crippen LogP contribution in [0.15, 0.2) is 24.3 Å². The highest BCUT2D eigenvalue weighted by Crippen LogP contribution is 2.34. The van der Waals surface area contributed by atoms with Gasteiger partial charge in [0.1, 0.15) is 0 Å². The second-order valence-corrected chi connectivity index (χ2v) is 4.51. The minimum absolute atomic E-state index is 0.220. The highest BCUT2D eigenvalue weighted by atomic mass is 79.9. The lowest BCUT2D eigenvalue weighted by Crippen LogP contribution is -2.23. The van der Waals surface area contributed by atoms with Crippen LogP contribution in [0.3, 0.4) is 0 Å². The molecule has 0 spiro atoms. The van der Waals surface area contributed by atoms with Crippen molar-refractivity contribution in [2.45, 2.75) is 24.3 Å². The number of carbonyl (C=O) groups is 1. The van der Waals surface area contributed by atoms with Crippen LogP contribution >= 0.6 is 15.9 Å². The first-order chi connectivity index (χ1) is 7.86. The van der Waals surface area contributed by atoms with E-state index >= 15 is 0 Å². The number of rotatable bonds is 3. The van der Waals surface area contributed by atoms with Gasteiger partial charge >= 0.3 is 6.18 Å². The normalized spacial score (nSPS) is 13.2. The Hall–Kier alpha value is -1.04. The maximum atomic E-state index is 12.6. The highest BCUT2D eigenvalue weighted by Gasteiger charge is 2.33. The Labute approximate surface area is 105 Å². The summed E-state index contributed by atoms with van der Waals surface area (Å²) in [7, 11) is 0. The summed E-state index contributed by atoms with van der Waals surface area (Å²) in [4.78, 5) is 11.0. The zero-order valence-corrected chi connectivity index (χ0v) is 10.6. The quantitative estimate of drug-likeness (QED) is 0.845. The van der Waals surface area contributed by atoms with Crippen LogP contribution in [0.2, 0.25) is 0 Å². The van der Waals surface area contributed by atoms with E-state index in [1.807, 2.05) is 0 Å². The van der Waals surface area contributed by atoms with E-state index in [0.717, 1.165) is 6.07 Å². The molecule has 1 atom stereocenters. The molecular formula is C11H11BrF3NO. The van der Waals surface area contributed by atoms with E-state index in [9.17, 15) is 18.0 Å². The van der Waals surface area contributed by atoms with Gasteiger partial charge in [0.15, 0.2) is 0 Å². The number of hydrogen-bond donors (Lipinski definition) is 1. The van der Waals surface area contributed by atoms with Crippen molar-refractivity contribution in [3.05, 3.63) is 29.8 Å². The van der Waals surface area contributed by atoms with Crippen LogP contribution in [0, 0.1) is 0 Å². The predicted octanol–water partition coefficient (Wildman–Crippen LogP) is 3.82. The number of halogens is 4. The van der Waals surface area contributed by atoms with E-state index in [4.69, 9.17) is 0 Å². The van der Waals surface area contributed by atoms with Gasteiger partial charge < -0.3 is 5.32 Å². The fraction of sp³-hybridized carbons (Fsp3) is 0.364. The summed E-state index contributed by atoms with van der Waals surface area (Å²) in [5.41, 5.74) is -1.06. The number of carbonyl (C=O) groups excluding carboxylic acids is 1. The van der Waals surface area contributed by atoms with Crippen molar-refractivity contribution in [2.24, 2.45) is 0 Å². The fourth-order valence-corrected chi connectivity index (χ4v) is 1.35.